The van der Waals surface area contributed by atoms with Gasteiger partial charge < -0.3 is 15.7 Å². The molecule has 1 fully saturated rings. The largest absolute Gasteiger partial charge is 0.394 e. The number of amidine groups is 1. The maximum atomic E-state index is 9.79. The average molecular weight is 351 g/mol. The zero-order valence-electron chi connectivity index (χ0n) is 12.4. The predicted octanol–water partition coefficient (Wildman–Crippen LogP) is 1.76. The normalized spacial score (nSPS) is 19.0. The first kappa shape index (κ1) is 20.9. The SMILES string of the molecule is Cl.Cl.NC(=NOCCCN1CCCCC1O)c1cccnc1. The highest BCUT2D eigenvalue weighted by molar-refractivity contribution is 5.96. The third kappa shape index (κ3) is 6.79. The first-order valence-corrected chi connectivity index (χ1v) is 7.05. The number of aliphatic hydroxyl groups is 1. The van der Waals surface area contributed by atoms with E-state index in [1.807, 2.05) is 6.07 Å². The van der Waals surface area contributed by atoms with E-state index >= 15 is 0 Å². The lowest BCUT2D eigenvalue weighted by Gasteiger charge is -2.31. The minimum Gasteiger partial charge on any atom is -0.394 e. The third-order valence-corrected chi connectivity index (χ3v) is 3.38. The number of aromatic nitrogens is 1. The van der Waals surface area contributed by atoms with Crippen molar-refractivity contribution in [1.29, 1.82) is 0 Å². The van der Waals surface area contributed by atoms with Crippen LogP contribution in [0.5, 0.6) is 0 Å². The highest BCUT2D eigenvalue weighted by atomic mass is 35.5. The lowest BCUT2D eigenvalue weighted by molar-refractivity contribution is -0.0278. The topological polar surface area (TPSA) is 84.0 Å². The van der Waals surface area contributed by atoms with Crippen LogP contribution in [-0.4, -0.2) is 46.8 Å². The number of hydrogen-bond acceptors (Lipinski definition) is 5. The zero-order valence-corrected chi connectivity index (χ0v) is 14.1. The summed E-state index contributed by atoms with van der Waals surface area (Å²) in [5, 5.41) is 13.7. The van der Waals surface area contributed by atoms with Gasteiger partial charge >= 0.3 is 0 Å². The lowest BCUT2D eigenvalue weighted by atomic mass is 10.1. The number of piperidine rings is 1. The minimum absolute atomic E-state index is 0. The van der Waals surface area contributed by atoms with Gasteiger partial charge in [0.25, 0.3) is 0 Å². The standard InChI is InChI=1S/C14H22N4O2.2ClH/c15-14(12-5-3-7-16-11-12)17-20-10-4-9-18-8-2-1-6-13(18)19;;/h3,5,7,11,13,19H,1-2,4,6,8-10H2,(H2,15,17);2*1H. The van der Waals surface area contributed by atoms with E-state index in [2.05, 4.69) is 15.0 Å². The van der Waals surface area contributed by atoms with Crippen LogP contribution in [0.25, 0.3) is 0 Å². The van der Waals surface area contributed by atoms with Crippen LogP contribution in [-0.2, 0) is 4.84 Å². The van der Waals surface area contributed by atoms with E-state index in [0.717, 1.165) is 44.3 Å². The zero-order chi connectivity index (χ0) is 14.2. The molecule has 1 aromatic rings. The average Bonchev–Trinajstić information content (AvgIpc) is 2.49. The van der Waals surface area contributed by atoms with Gasteiger partial charge in [0.2, 0.25) is 0 Å². The second-order valence-corrected chi connectivity index (χ2v) is 4.92. The van der Waals surface area contributed by atoms with Gasteiger partial charge in [0.15, 0.2) is 5.84 Å². The Bertz CT molecular complexity index is 434. The molecule has 2 rings (SSSR count). The van der Waals surface area contributed by atoms with Crippen molar-refractivity contribution in [2.45, 2.75) is 31.9 Å². The highest BCUT2D eigenvalue weighted by Crippen LogP contribution is 2.14. The summed E-state index contributed by atoms with van der Waals surface area (Å²) in [5.41, 5.74) is 6.53. The number of likely N-dealkylation sites (tertiary alicyclic amines) is 1. The van der Waals surface area contributed by atoms with Gasteiger partial charge in [-0.05, 0) is 37.8 Å². The monoisotopic (exact) mass is 350 g/mol. The molecule has 0 aliphatic carbocycles. The van der Waals surface area contributed by atoms with Crippen LogP contribution in [0.3, 0.4) is 0 Å². The molecule has 8 heteroatoms. The lowest BCUT2D eigenvalue weighted by Crippen LogP contribution is -2.40. The summed E-state index contributed by atoms with van der Waals surface area (Å²) in [7, 11) is 0. The molecule has 0 amide bonds. The van der Waals surface area contributed by atoms with Crippen molar-refractivity contribution in [3.05, 3.63) is 30.1 Å². The van der Waals surface area contributed by atoms with Crippen molar-refractivity contribution in [2.75, 3.05) is 19.7 Å². The van der Waals surface area contributed by atoms with Crippen LogP contribution >= 0.6 is 24.8 Å². The molecular formula is C14H24Cl2N4O2. The molecule has 1 aliphatic rings. The Morgan fingerprint density at radius 2 is 2.27 bits per heavy atom. The maximum Gasteiger partial charge on any atom is 0.171 e. The Hall–Kier alpha value is -1.08. The van der Waals surface area contributed by atoms with E-state index in [4.69, 9.17) is 10.6 Å². The Labute approximate surface area is 143 Å². The van der Waals surface area contributed by atoms with E-state index in [9.17, 15) is 5.11 Å². The Kier molecular flexibility index (Phi) is 10.9. The van der Waals surface area contributed by atoms with Crippen LogP contribution in [0.4, 0.5) is 0 Å². The van der Waals surface area contributed by atoms with E-state index < -0.39 is 0 Å². The molecule has 1 aliphatic heterocycles. The van der Waals surface area contributed by atoms with Crippen molar-refractivity contribution >= 4 is 30.6 Å². The first-order chi connectivity index (χ1) is 9.77. The molecule has 0 radical (unpaired) electrons. The van der Waals surface area contributed by atoms with E-state index in [1.165, 1.54) is 0 Å². The number of hydrogen-bond donors (Lipinski definition) is 2. The molecule has 0 spiro atoms. The Balaban J connectivity index is 0.00000220. The van der Waals surface area contributed by atoms with Crippen molar-refractivity contribution in [1.82, 2.24) is 9.88 Å². The Morgan fingerprint density at radius 1 is 1.45 bits per heavy atom. The van der Waals surface area contributed by atoms with Gasteiger partial charge in [0.1, 0.15) is 12.8 Å². The maximum absolute atomic E-state index is 9.79. The minimum atomic E-state index is -0.298. The molecule has 1 unspecified atom stereocenters. The summed E-state index contributed by atoms with van der Waals surface area (Å²) in [5.74, 6) is 0.330. The molecule has 0 aromatic carbocycles. The molecule has 3 N–H and O–H groups in total. The highest BCUT2D eigenvalue weighted by Gasteiger charge is 2.18. The van der Waals surface area contributed by atoms with E-state index in [1.54, 1.807) is 18.5 Å². The van der Waals surface area contributed by atoms with Crippen LogP contribution in [0.2, 0.25) is 0 Å². The first-order valence-electron chi connectivity index (χ1n) is 7.05. The number of nitrogens with zero attached hydrogens (tertiary/aromatic N) is 3. The number of rotatable bonds is 6. The summed E-state index contributed by atoms with van der Waals surface area (Å²) in [4.78, 5) is 11.3. The van der Waals surface area contributed by atoms with Crippen LogP contribution in [0.15, 0.2) is 29.7 Å². The fourth-order valence-corrected chi connectivity index (χ4v) is 2.25. The fraction of sp³-hybridized carbons (Fsp3) is 0.571. The van der Waals surface area contributed by atoms with Crippen LogP contribution in [0, 0.1) is 0 Å². The van der Waals surface area contributed by atoms with Gasteiger partial charge in [-0.2, -0.15) is 0 Å². The number of halogens is 2. The van der Waals surface area contributed by atoms with Gasteiger partial charge in [0.05, 0.1) is 0 Å². The molecule has 0 saturated carbocycles. The van der Waals surface area contributed by atoms with Crippen molar-refractivity contribution in [3.8, 4) is 0 Å². The number of aliphatic hydroxyl groups excluding tert-OH is 1. The molecule has 22 heavy (non-hydrogen) atoms. The molecule has 1 aromatic heterocycles. The molecule has 126 valence electrons. The third-order valence-electron chi connectivity index (χ3n) is 3.38. The van der Waals surface area contributed by atoms with Gasteiger partial charge in [-0.3, -0.25) is 9.88 Å². The van der Waals surface area contributed by atoms with Gasteiger partial charge in [0, 0.05) is 31.0 Å². The summed E-state index contributed by atoms with van der Waals surface area (Å²) in [6, 6.07) is 3.63. The Morgan fingerprint density at radius 3 is 2.95 bits per heavy atom. The second-order valence-electron chi connectivity index (χ2n) is 4.92. The van der Waals surface area contributed by atoms with E-state index in [0.29, 0.717) is 12.4 Å². The van der Waals surface area contributed by atoms with Crippen LogP contribution in [0.1, 0.15) is 31.2 Å². The van der Waals surface area contributed by atoms with Gasteiger partial charge in [-0.15, -0.1) is 24.8 Å². The smallest absolute Gasteiger partial charge is 0.171 e. The molecule has 2 heterocycles. The summed E-state index contributed by atoms with van der Waals surface area (Å²) >= 11 is 0. The molecule has 1 saturated heterocycles. The van der Waals surface area contributed by atoms with Crippen LogP contribution < -0.4 is 5.73 Å². The molecule has 6 nitrogen and oxygen atoms in total. The predicted molar refractivity (Wildman–Crippen MR) is 91.5 cm³/mol. The second kappa shape index (κ2) is 11.5. The fourth-order valence-electron chi connectivity index (χ4n) is 2.25. The molecular weight excluding hydrogens is 327 g/mol. The van der Waals surface area contributed by atoms with Gasteiger partial charge in [-0.25, -0.2) is 0 Å². The van der Waals surface area contributed by atoms with Gasteiger partial charge in [-0.1, -0.05) is 5.16 Å². The summed E-state index contributed by atoms with van der Waals surface area (Å²) in [6.07, 6.45) is 6.99. The number of nitrogens with two attached hydrogens (primary N) is 1. The van der Waals surface area contributed by atoms with Crippen molar-refractivity contribution < 1.29 is 9.94 Å². The van der Waals surface area contributed by atoms with Crippen molar-refractivity contribution in [2.24, 2.45) is 10.9 Å². The molecule has 1 atom stereocenters. The van der Waals surface area contributed by atoms with E-state index in [-0.39, 0.29) is 31.0 Å². The summed E-state index contributed by atoms with van der Waals surface area (Å²) < 4.78 is 0. The quantitative estimate of drug-likeness (QED) is 0.353. The number of pyridine rings is 1. The molecule has 0 bridgehead atoms. The number of oxime groups is 1. The summed E-state index contributed by atoms with van der Waals surface area (Å²) in [6.45, 7) is 2.27. The van der Waals surface area contributed by atoms with Crippen molar-refractivity contribution in [3.63, 3.8) is 0 Å².